The van der Waals surface area contributed by atoms with Gasteiger partial charge in [0.2, 0.25) is 0 Å². The number of fused-ring (bicyclic) bond motifs is 6. The van der Waals surface area contributed by atoms with Crippen LogP contribution in [0.1, 0.15) is 153 Å². The summed E-state index contributed by atoms with van der Waals surface area (Å²) in [6, 6.07) is 51.1. The molecular formula is C82H129KO4Si6Zr. The van der Waals surface area contributed by atoms with E-state index in [9.17, 15) is 9.90 Å². The van der Waals surface area contributed by atoms with Crippen molar-refractivity contribution in [3.63, 3.8) is 0 Å². The maximum Gasteiger partial charge on any atom is 4.00 e. The zero-order valence-corrected chi connectivity index (χ0v) is 76.3. The second kappa shape index (κ2) is 34.2. The number of rotatable bonds is 24. The minimum absolute atomic E-state index is 0. The topological polar surface area (TPSA) is 58.6 Å². The number of aliphatic carboxylic acids is 1. The fourth-order valence-corrected chi connectivity index (χ4v) is 31.9. The second-order valence-corrected chi connectivity index (χ2v) is 67.3. The molecule has 2 atom stereocenters. The molecule has 0 aromatic heterocycles. The fraction of sp³-hybridized carbons (Fsp3) is 0.549. The van der Waals surface area contributed by atoms with E-state index in [4.69, 9.17) is 9.47 Å². The maximum atomic E-state index is 9.91. The van der Waals surface area contributed by atoms with Gasteiger partial charge in [0, 0.05) is 75.0 Å². The Kier molecular flexibility index (Phi) is 31.6. The van der Waals surface area contributed by atoms with Gasteiger partial charge in [-0.15, -0.1) is 80.4 Å². The monoisotopic (exact) mass is 1470 g/mol. The summed E-state index contributed by atoms with van der Waals surface area (Å²) in [7, 11) is -8.98. The Morgan fingerprint density at radius 3 is 1.18 bits per heavy atom. The zero-order valence-electron chi connectivity index (χ0n) is 64.7. The molecule has 510 valence electrons. The van der Waals surface area contributed by atoms with Gasteiger partial charge in [0.25, 0.3) is 0 Å². The quantitative estimate of drug-likeness (QED) is 0.0344. The van der Waals surface area contributed by atoms with E-state index in [0.717, 1.165) is 19.6 Å². The summed E-state index contributed by atoms with van der Waals surface area (Å²) in [6.07, 6.45) is 17.2. The van der Waals surface area contributed by atoms with Gasteiger partial charge in [-0.3, -0.25) is 0 Å². The molecule has 1 aliphatic heterocycles. The molecule has 2 spiro atoms. The van der Waals surface area contributed by atoms with E-state index in [0.29, 0.717) is 0 Å². The van der Waals surface area contributed by atoms with Gasteiger partial charge in [0.05, 0.1) is 19.3 Å². The first kappa shape index (κ1) is 87.0. The van der Waals surface area contributed by atoms with E-state index in [1.54, 1.807) is 75.7 Å². The molecule has 12 heteroatoms. The van der Waals surface area contributed by atoms with Crippen LogP contribution in [0, 0.1) is 20.3 Å². The molecule has 9 rings (SSSR count). The van der Waals surface area contributed by atoms with Crippen LogP contribution >= 0.6 is 0 Å². The molecule has 1 saturated heterocycles. The van der Waals surface area contributed by atoms with Crippen molar-refractivity contribution < 1.29 is 97.0 Å². The Morgan fingerprint density at radius 1 is 0.500 bits per heavy atom. The van der Waals surface area contributed by atoms with Crippen molar-refractivity contribution in [2.24, 2.45) is 5.41 Å². The molecule has 94 heavy (non-hydrogen) atoms. The van der Waals surface area contributed by atoms with Crippen LogP contribution < -0.4 is 66.9 Å². The van der Waals surface area contributed by atoms with E-state index in [2.05, 4.69) is 255 Å². The van der Waals surface area contributed by atoms with Gasteiger partial charge in [0.15, 0.2) is 0 Å². The third-order valence-corrected chi connectivity index (χ3v) is 36.3. The van der Waals surface area contributed by atoms with Crippen LogP contribution in [-0.4, -0.2) is 78.8 Å². The number of benzene rings is 4. The Labute approximate surface area is 644 Å². The van der Waals surface area contributed by atoms with Crippen molar-refractivity contribution >= 4 is 97.5 Å². The molecule has 6 aromatic carbocycles. The summed E-state index contributed by atoms with van der Waals surface area (Å²) in [5.41, 5.74) is 12.3. The predicted molar refractivity (Wildman–Crippen MR) is 424 cm³/mol. The van der Waals surface area contributed by atoms with E-state index in [-0.39, 0.29) is 114 Å². The summed E-state index contributed by atoms with van der Waals surface area (Å²) < 4.78 is 12.1. The first-order chi connectivity index (χ1) is 41.5. The zero-order chi connectivity index (χ0) is 66.7. The molecule has 0 N–H and O–H groups in total. The maximum absolute atomic E-state index is 9.91. The SMILES string of the molecule is CC(C)(C)C(=O)[O-].CC(C)(C)OCCCCCC[Si](C)([c-]1cc(C[Si](C)(C)C)c2ccccc21)[c-]1cc(C[Si](C)(C)C)c2ccccc21.CC(C)(C)OCCCCCC[Si]1(C)C2(C=C(C[Si](C)(C)C)c3ccccc32)CC12C=C(C[Si](C)(C)C)c1ccccc12.[CH3-].[CH3-].[K+].[Zr+4]. The first-order valence-corrected chi connectivity index (χ1v) is 55.2. The van der Waals surface area contributed by atoms with E-state index < -0.39 is 59.8 Å². The van der Waals surface area contributed by atoms with Gasteiger partial charge in [-0.05, 0) is 106 Å². The molecule has 2 unspecified atom stereocenters. The van der Waals surface area contributed by atoms with Crippen molar-refractivity contribution in [2.45, 2.75) is 269 Å². The molecule has 0 radical (unpaired) electrons. The summed E-state index contributed by atoms with van der Waals surface area (Å²) in [5, 5.41) is 19.9. The third kappa shape index (κ3) is 21.9. The Morgan fingerprint density at radius 2 is 0.830 bits per heavy atom. The number of ether oxygens (including phenoxy) is 2. The van der Waals surface area contributed by atoms with Gasteiger partial charge in [-0.1, -0.05) is 248 Å². The Hall–Kier alpha value is -1.21. The molecule has 3 aliphatic rings. The second-order valence-electron chi connectivity index (χ2n) is 36.2. The molecule has 4 nitrogen and oxygen atoms in total. The standard InChI is InChI=1S/C38H58OSi3.C37H56OSi3.C5H10O2.2CH3.K.Zr/c1-36(2,3)39-23-17-11-12-18-24-42(10)37(25-30(27-40(4,5)6)32-19-13-15-21-34(32)37)29-38(42)26-31(28-41(7,8)9)33-20-14-16-22-35(33)38;1-37(2,3)38-23-17-11-12-18-24-41(10,35-25-29(27-39(4,5)6)31-19-13-15-21-33(31)35)36-26-30(28-40(7,8)9)32-20-14-16-22-34(32)36;1-5(2,3)4(6)7;;;;/h13-16,19-22,25-26H,11-12,17-18,23-24,27-29H2,1-10H3;13-16,19-22,25-26H,11-12,17-18,23-24,27-28H2,1-10H3;1-3H3,(H,6,7);2*1H3;;/q;-2;;2*-1;+1;+4/p-1. The molecule has 6 aromatic rings. The molecule has 0 saturated carbocycles. The molecule has 1 heterocycles. The number of hydrogen-bond acceptors (Lipinski definition) is 4. The summed E-state index contributed by atoms with van der Waals surface area (Å²) >= 11 is 0. The van der Waals surface area contributed by atoms with Crippen molar-refractivity contribution in [1.29, 1.82) is 0 Å². The van der Waals surface area contributed by atoms with Crippen LogP contribution in [0.4, 0.5) is 0 Å². The number of carbonyl (C=O) groups is 1. The summed E-state index contributed by atoms with van der Waals surface area (Å²) in [4.78, 5) is 9.91. The van der Waals surface area contributed by atoms with Gasteiger partial charge in [-0.2, -0.15) is 11.1 Å². The predicted octanol–water partition coefficient (Wildman–Crippen LogP) is 18.8. The van der Waals surface area contributed by atoms with Crippen molar-refractivity contribution in [1.82, 2.24) is 0 Å². The van der Waals surface area contributed by atoms with Gasteiger partial charge >= 0.3 is 77.6 Å². The van der Waals surface area contributed by atoms with Crippen molar-refractivity contribution in [2.75, 3.05) is 13.2 Å². The molecular weight excluding hydrogens is 1350 g/mol. The van der Waals surface area contributed by atoms with Crippen LogP contribution in [0.5, 0.6) is 0 Å². The fourth-order valence-electron chi connectivity index (χ4n) is 15.5. The summed E-state index contributed by atoms with van der Waals surface area (Å²) in [5.74, 6) is -1.01. The minimum atomic E-state index is -2.04. The van der Waals surface area contributed by atoms with Crippen LogP contribution in [0.3, 0.4) is 0 Å². The number of carboxylic acid groups (broad SMARTS) is 1. The summed E-state index contributed by atoms with van der Waals surface area (Å²) in [6.45, 7) is 55.4. The average Bonchev–Trinajstić information content (AvgIpc) is 1.38. The number of carboxylic acids is 1. The molecule has 1 fully saturated rings. The van der Waals surface area contributed by atoms with Crippen LogP contribution in [-0.2, 0) is 62.6 Å². The molecule has 2 aliphatic carbocycles. The van der Waals surface area contributed by atoms with Crippen molar-refractivity contribution in [3.05, 3.63) is 170 Å². The average molecular weight is 1480 g/mol. The molecule has 0 bridgehead atoms. The van der Waals surface area contributed by atoms with E-state index >= 15 is 0 Å². The smallest absolute Gasteiger partial charge is 0.550 e. The molecule has 0 amide bonds. The Balaban J connectivity index is 0.000000428. The first-order valence-electron chi connectivity index (χ1n) is 35.0. The van der Waals surface area contributed by atoms with Gasteiger partial charge in [-0.25, -0.2) is 0 Å². The van der Waals surface area contributed by atoms with E-state index in [1.807, 2.05) is 0 Å². The number of carbonyl (C=O) groups excluding carboxylic acids is 1. The third-order valence-electron chi connectivity index (χ3n) is 19.5. The Bertz CT molecular complexity index is 3290. The van der Waals surface area contributed by atoms with E-state index in [1.165, 1.54) is 109 Å². The van der Waals surface area contributed by atoms with Crippen molar-refractivity contribution in [3.8, 4) is 0 Å². The largest absolute Gasteiger partial charge is 4.00 e. The number of allylic oxidation sites excluding steroid dienone is 4. The van der Waals surface area contributed by atoms with Crippen LogP contribution in [0.25, 0.3) is 32.7 Å². The van der Waals surface area contributed by atoms with Crippen LogP contribution in [0.2, 0.25) is 116 Å². The van der Waals surface area contributed by atoms with Gasteiger partial charge in [0.1, 0.15) is 0 Å². The van der Waals surface area contributed by atoms with Gasteiger partial charge < -0.3 is 34.2 Å². The number of hydrogen-bond donors (Lipinski definition) is 0. The van der Waals surface area contributed by atoms with Crippen LogP contribution in [0.15, 0.2) is 121 Å². The normalized spacial score (nSPS) is 18.7. The minimum Gasteiger partial charge on any atom is -0.550 e. The number of unbranched alkanes of at least 4 members (excludes halogenated alkanes) is 6.